The lowest BCUT2D eigenvalue weighted by Crippen LogP contribution is -2.35. The Balaban J connectivity index is 2.97. The minimum atomic E-state index is -4.83. The first-order valence-electron chi connectivity index (χ1n) is 5.23. The van der Waals surface area contributed by atoms with Gasteiger partial charge in [0.15, 0.2) is 0 Å². The normalized spacial score (nSPS) is 14.3. The number of halogens is 1. The fourth-order valence-corrected chi connectivity index (χ4v) is 3.09. The molecular weight excluding hydrogens is 297 g/mol. The lowest BCUT2D eigenvalue weighted by Gasteiger charge is -2.13. The van der Waals surface area contributed by atoms with Crippen LogP contribution in [0.1, 0.15) is 6.92 Å². The van der Waals surface area contributed by atoms with E-state index in [-0.39, 0.29) is 11.5 Å². The smallest absolute Gasteiger partial charge is 0.332 e. The Morgan fingerprint density at radius 3 is 2.05 bits per heavy atom. The van der Waals surface area contributed by atoms with E-state index in [1.165, 1.54) is 7.11 Å². The maximum atomic E-state index is 12.7. The van der Waals surface area contributed by atoms with Gasteiger partial charge in [-0.25, -0.2) is 13.1 Å². The quantitative estimate of drug-likeness (QED) is 0.779. The Hall–Kier alpha value is -1.03. The Morgan fingerprint density at radius 2 is 1.63 bits per heavy atom. The molecule has 0 spiro atoms. The fourth-order valence-electron chi connectivity index (χ4n) is 1.40. The molecule has 0 bridgehead atoms. The highest BCUT2D eigenvalue weighted by molar-refractivity contribution is 7.89. The van der Waals surface area contributed by atoms with Crippen LogP contribution in [-0.2, 0) is 25.0 Å². The van der Waals surface area contributed by atoms with Crippen molar-refractivity contribution in [1.82, 2.24) is 4.72 Å². The number of hydrogen-bond acceptors (Lipinski definition) is 5. The zero-order valence-corrected chi connectivity index (χ0v) is 12.0. The van der Waals surface area contributed by atoms with E-state index in [9.17, 15) is 20.7 Å². The number of methoxy groups -OCH3 is 1. The van der Waals surface area contributed by atoms with Gasteiger partial charge in [-0.3, -0.25) is 0 Å². The van der Waals surface area contributed by atoms with Gasteiger partial charge in [-0.1, -0.05) is 0 Å². The molecule has 1 atom stereocenters. The van der Waals surface area contributed by atoms with Gasteiger partial charge in [-0.05, 0) is 31.2 Å². The second kappa shape index (κ2) is 5.95. The summed E-state index contributed by atoms with van der Waals surface area (Å²) in [6.45, 7) is 1.80. The third-order valence-corrected chi connectivity index (χ3v) is 4.63. The molecular formula is C10H14FNO5S2. The third kappa shape index (κ3) is 4.53. The van der Waals surface area contributed by atoms with E-state index in [1.807, 2.05) is 0 Å². The Kier molecular flexibility index (Phi) is 5.02. The minimum Gasteiger partial charge on any atom is -0.383 e. The maximum Gasteiger partial charge on any atom is 0.332 e. The average molecular weight is 311 g/mol. The highest BCUT2D eigenvalue weighted by atomic mass is 32.3. The average Bonchev–Trinajstić information content (AvgIpc) is 2.27. The molecule has 6 nitrogen and oxygen atoms in total. The molecule has 1 rings (SSSR count). The van der Waals surface area contributed by atoms with Crippen molar-refractivity contribution in [2.24, 2.45) is 0 Å². The standard InChI is InChI=1S/C10H14FNO5S2/c1-8(7-17-2)12-19(15,16)10-5-3-9(4-6-10)18(11,13)14/h3-6,8,12H,7H2,1-2H3. The first-order valence-corrected chi connectivity index (χ1v) is 8.09. The molecule has 0 heterocycles. The summed E-state index contributed by atoms with van der Waals surface area (Å²) in [5, 5.41) is 0. The van der Waals surface area contributed by atoms with E-state index >= 15 is 0 Å². The number of sulfonamides is 1. The van der Waals surface area contributed by atoms with Crippen molar-refractivity contribution in [2.75, 3.05) is 13.7 Å². The van der Waals surface area contributed by atoms with Crippen molar-refractivity contribution in [3.05, 3.63) is 24.3 Å². The summed E-state index contributed by atoms with van der Waals surface area (Å²) >= 11 is 0. The summed E-state index contributed by atoms with van der Waals surface area (Å²) in [7, 11) is -7.19. The second-order valence-corrected chi connectivity index (χ2v) is 6.95. The summed E-state index contributed by atoms with van der Waals surface area (Å²) in [6.07, 6.45) is 0. The van der Waals surface area contributed by atoms with Crippen LogP contribution in [0.2, 0.25) is 0 Å². The zero-order valence-electron chi connectivity index (χ0n) is 10.3. The zero-order chi connectivity index (χ0) is 14.7. The summed E-state index contributed by atoms with van der Waals surface area (Å²) in [6, 6.07) is 3.39. The van der Waals surface area contributed by atoms with Crippen molar-refractivity contribution in [1.29, 1.82) is 0 Å². The molecule has 0 aliphatic carbocycles. The van der Waals surface area contributed by atoms with Crippen LogP contribution in [-0.4, -0.2) is 36.6 Å². The molecule has 0 saturated carbocycles. The molecule has 1 N–H and O–H groups in total. The van der Waals surface area contributed by atoms with Gasteiger partial charge in [0.05, 0.1) is 16.4 Å². The molecule has 0 aliphatic rings. The molecule has 108 valence electrons. The van der Waals surface area contributed by atoms with E-state index in [4.69, 9.17) is 4.74 Å². The van der Waals surface area contributed by atoms with Crippen molar-refractivity contribution in [3.8, 4) is 0 Å². The largest absolute Gasteiger partial charge is 0.383 e. The van der Waals surface area contributed by atoms with Gasteiger partial charge in [0.2, 0.25) is 10.0 Å². The van der Waals surface area contributed by atoms with Gasteiger partial charge in [0.1, 0.15) is 0 Å². The SMILES string of the molecule is COCC(C)NS(=O)(=O)c1ccc(S(=O)(=O)F)cc1. The third-order valence-electron chi connectivity index (χ3n) is 2.19. The first-order chi connectivity index (χ1) is 8.66. The van der Waals surface area contributed by atoms with Crippen LogP contribution in [0.5, 0.6) is 0 Å². The van der Waals surface area contributed by atoms with Crippen molar-refractivity contribution in [3.63, 3.8) is 0 Å². The van der Waals surface area contributed by atoms with Crippen LogP contribution in [0.3, 0.4) is 0 Å². The molecule has 9 heteroatoms. The van der Waals surface area contributed by atoms with Crippen LogP contribution in [0.4, 0.5) is 3.89 Å². The lowest BCUT2D eigenvalue weighted by atomic mass is 10.4. The molecule has 0 saturated heterocycles. The molecule has 0 radical (unpaired) electrons. The van der Waals surface area contributed by atoms with E-state index in [2.05, 4.69) is 4.72 Å². The minimum absolute atomic E-state index is 0.150. The predicted octanol–water partition coefficient (Wildman–Crippen LogP) is 0.658. The van der Waals surface area contributed by atoms with Crippen LogP contribution >= 0.6 is 0 Å². The monoisotopic (exact) mass is 311 g/mol. The van der Waals surface area contributed by atoms with Crippen molar-refractivity contribution >= 4 is 20.2 Å². The highest BCUT2D eigenvalue weighted by Crippen LogP contribution is 2.16. The highest BCUT2D eigenvalue weighted by Gasteiger charge is 2.19. The van der Waals surface area contributed by atoms with Gasteiger partial charge >= 0.3 is 10.2 Å². The molecule has 0 aliphatic heterocycles. The molecule has 1 aromatic rings. The number of ether oxygens (including phenoxy) is 1. The van der Waals surface area contributed by atoms with Crippen molar-refractivity contribution < 1.29 is 25.5 Å². The van der Waals surface area contributed by atoms with Gasteiger partial charge in [0.25, 0.3) is 0 Å². The van der Waals surface area contributed by atoms with Gasteiger partial charge in [-0.2, -0.15) is 8.42 Å². The molecule has 1 aromatic carbocycles. The van der Waals surface area contributed by atoms with Crippen LogP contribution in [0.25, 0.3) is 0 Å². The molecule has 0 amide bonds. The van der Waals surface area contributed by atoms with E-state index < -0.39 is 31.2 Å². The van der Waals surface area contributed by atoms with E-state index in [0.717, 1.165) is 24.3 Å². The number of rotatable bonds is 6. The number of hydrogen-bond donors (Lipinski definition) is 1. The Bertz CT molecular complexity index is 624. The lowest BCUT2D eigenvalue weighted by molar-refractivity contribution is 0.180. The molecule has 19 heavy (non-hydrogen) atoms. The second-order valence-electron chi connectivity index (χ2n) is 3.89. The van der Waals surface area contributed by atoms with Gasteiger partial charge < -0.3 is 4.74 Å². The Labute approximate surface area is 111 Å². The number of benzene rings is 1. The van der Waals surface area contributed by atoms with E-state index in [1.54, 1.807) is 6.92 Å². The topological polar surface area (TPSA) is 89.5 Å². The van der Waals surface area contributed by atoms with Gasteiger partial charge in [-0.15, -0.1) is 3.89 Å². The number of nitrogens with one attached hydrogen (secondary N) is 1. The van der Waals surface area contributed by atoms with Crippen molar-refractivity contribution in [2.45, 2.75) is 22.8 Å². The van der Waals surface area contributed by atoms with E-state index in [0.29, 0.717) is 0 Å². The van der Waals surface area contributed by atoms with Crippen LogP contribution in [0, 0.1) is 0 Å². The van der Waals surface area contributed by atoms with Gasteiger partial charge in [0, 0.05) is 13.2 Å². The maximum absolute atomic E-state index is 12.7. The summed E-state index contributed by atoms with van der Waals surface area (Å²) in [5.74, 6) is 0. The van der Waals surface area contributed by atoms with Crippen LogP contribution in [0.15, 0.2) is 34.1 Å². The predicted molar refractivity (Wildman–Crippen MR) is 66.4 cm³/mol. The fraction of sp³-hybridized carbons (Fsp3) is 0.400. The Morgan fingerprint density at radius 1 is 1.16 bits per heavy atom. The summed E-state index contributed by atoms with van der Waals surface area (Å²) < 4.78 is 64.7. The molecule has 0 aromatic heterocycles. The summed E-state index contributed by atoms with van der Waals surface area (Å²) in [4.78, 5) is -0.737. The first kappa shape index (κ1) is 16.0. The molecule has 1 unspecified atom stereocenters. The summed E-state index contributed by atoms with van der Waals surface area (Å²) in [5.41, 5.74) is 0. The van der Waals surface area contributed by atoms with Crippen LogP contribution < -0.4 is 4.72 Å². The molecule has 0 fully saturated rings.